The van der Waals surface area contributed by atoms with Crippen LogP contribution in [-0.4, -0.2) is 17.9 Å². The van der Waals surface area contributed by atoms with E-state index in [4.69, 9.17) is 0 Å². The molecule has 0 spiro atoms. The summed E-state index contributed by atoms with van der Waals surface area (Å²) in [5.74, 6) is -0.885. The van der Waals surface area contributed by atoms with Gasteiger partial charge in [0.1, 0.15) is 11.6 Å². The van der Waals surface area contributed by atoms with Gasteiger partial charge in [-0.05, 0) is 23.8 Å². The maximum atomic E-state index is 13.5. The van der Waals surface area contributed by atoms with E-state index in [1.807, 2.05) is 0 Å². The van der Waals surface area contributed by atoms with Gasteiger partial charge in [-0.15, -0.1) is 0 Å². The Balaban J connectivity index is 2.01. The van der Waals surface area contributed by atoms with Crippen molar-refractivity contribution in [3.63, 3.8) is 0 Å². The van der Waals surface area contributed by atoms with Crippen molar-refractivity contribution in [2.75, 3.05) is 7.05 Å². The fourth-order valence-corrected chi connectivity index (χ4v) is 1.93. The summed E-state index contributed by atoms with van der Waals surface area (Å²) in [5.41, 5.74) is 1.07. The first kappa shape index (κ1) is 14.2. The first-order valence-electron chi connectivity index (χ1n) is 6.28. The summed E-state index contributed by atoms with van der Waals surface area (Å²) in [7, 11) is 1.61. The van der Waals surface area contributed by atoms with Crippen LogP contribution in [0.5, 0.6) is 0 Å². The maximum Gasteiger partial charge on any atom is 0.227 e. The molecule has 20 heavy (non-hydrogen) atoms. The van der Waals surface area contributed by atoms with Crippen LogP contribution in [-0.2, 0) is 17.8 Å². The molecule has 0 radical (unpaired) electrons. The molecule has 0 saturated heterocycles. The van der Waals surface area contributed by atoms with Gasteiger partial charge in [0.2, 0.25) is 5.91 Å². The zero-order valence-corrected chi connectivity index (χ0v) is 11.1. The topological polar surface area (TPSA) is 20.3 Å². The van der Waals surface area contributed by atoms with Crippen LogP contribution in [0.2, 0.25) is 0 Å². The highest BCUT2D eigenvalue weighted by Crippen LogP contribution is 2.11. The fourth-order valence-electron chi connectivity index (χ4n) is 1.93. The van der Waals surface area contributed by atoms with Crippen LogP contribution in [0.15, 0.2) is 48.5 Å². The van der Waals surface area contributed by atoms with E-state index in [0.29, 0.717) is 11.1 Å². The predicted octanol–water partition coefficient (Wildman–Crippen LogP) is 3.17. The van der Waals surface area contributed by atoms with Gasteiger partial charge in [-0.1, -0.05) is 30.3 Å². The molecule has 0 aliphatic rings. The average molecular weight is 275 g/mol. The lowest BCUT2D eigenvalue weighted by molar-refractivity contribution is -0.129. The van der Waals surface area contributed by atoms with E-state index < -0.39 is 0 Å². The summed E-state index contributed by atoms with van der Waals surface area (Å²) in [6.45, 7) is 0.195. The smallest absolute Gasteiger partial charge is 0.227 e. The Labute approximate surface area is 116 Å². The lowest BCUT2D eigenvalue weighted by Gasteiger charge is -2.17. The second-order valence-corrected chi connectivity index (χ2v) is 4.65. The largest absolute Gasteiger partial charge is 0.341 e. The zero-order valence-electron chi connectivity index (χ0n) is 11.1. The molecule has 2 rings (SSSR count). The summed E-state index contributed by atoms with van der Waals surface area (Å²) >= 11 is 0. The van der Waals surface area contributed by atoms with E-state index >= 15 is 0 Å². The monoisotopic (exact) mass is 275 g/mol. The second kappa shape index (κ2) is 6.28. The van der Waals surface area contributed by atoms with Crippen molar-refractivity contribution in [3.8, 4) is 0 Å². The molecule has 1 amide bonds. The Morgan fingerprint density at radius 3 is 2.55 bits per heavy atom. The molecule has 0 fully saturated rings. The Hall–Kier alpha value is -2.23. The SMILES string of the molecule is CN(Cc1ccccc1F)C(=O)Cc1cccc(F)c1. The van der Waals surface area contributed by atoms with E-state index in [9.17, 15) is 13.6 Å². The normalized spacial score (nSPS) is 10.3. The second-order valence-electron chi connectivity index (χ2n) is 4.65. The molecule has 0 unspecified atom stereocenters. The highest BCUT2D eigenvalue weighted by atomic mass is 19.1. The Kier molecular flexibility index (Phi) is 4.45. The van der Waals surface area contributed by atoms with Gasteiger partial charge in [0.25, 0.3) is 0 Å². The molecule has 2 aromatic rings. The number of halogens is 2. The Morgan fingerprint density at radius 1 is 1.10 bits per heavy atom. The standard InChI is InChI=1S/C16H15F2NO/c1-19(11-13-6-2-3-8-15(13)18)16(20)10-12-5-4-7-14(17)9-12/h2-9H,10-11H2,1H3. The minimum Gasteiger partial charge on any atom is -0.341 e. The lowest BCUT2D eigenvalue weighted by Crippen LogP contribution is -2.28. The van der Waals surface area contributed by atoms with Crippen molar-refractivity contribution in [2.45, 2.75) is 13.0 Å². The summed E-state index contributed by atoms with van der Waals surface area (Å²) in [6.07, 6.45) is 0.0999. The number of carbonyl (C=O) groups excluding carboxylic acids is 1. The predicted molar refractivity (Wildman–Crippen MR) is 73.0 cm³/mol. The fraction of sp³-hybridized carbons (Fsp3) is 0.188. The van der Waals surface area contributed by atoms with E-state index in [1.165, 1.54) is 23.1 Å². The van der Waals surface area contributed by atoms with Crippen LogP contribution in [0.4, 0.5) is 8.78 Å². The van der Waals surface area contributed by atoms with Crippen molar-refractivity contribution >= 4 is 5.91 Å². The molecule has 104 valence electrons. The number of hydrogen-bond acceptors (Lipinski definition) is 1. The summed E-state index contributed by atoms with van der Waals surface area (Å²) in [5, 5.41) is 0. The molecular formula is C16H15F2NO. The third kappa shape index (κ3) is 3.63. The van der Waals surface area contributed by atoms with Crippen molar-refractivity contribution in [2.24, 2.45) is 0 Å². The van der Waals surface area contributed by atoms with Crippen LogP contribution in [0, 0.1) is 11.6 Å². The van der Waals surface area contributed by atoms with E-state index in [1.54, 1.807) is 37.4 Å². The van der Waals surface area contributed by atoms with Gasteiger partial charge in [0.05, 0.1) is 6.42 Å². The number of amides is 1. The van der Waals surface area contributed by atoms with Crippen LogP contribution in [0.1, 0.15) is 11.1 Å². The zero-order chi connectivity index (χ0) is 14.5. The van der Waals surface area contributed by atoms with Gasteiger partial charge < -0.3 is 4.90 Å². The Bertz CT molecular complexity index is 613. The maximum absolute atomic E-state index is 13.5. The van der Waals surface area contributed by atoms with Crippen LogP contribution < -0.4 is 0 Å². The third-order valence-corrected chi connectivity index (χ3v) is 3.04. The number of nitrogens with zero attached hydrogens (tertiary/aromatic N) is 1. The number of benzene rings is 2. The van der Waals surface area contributed by atoms with Crippen molar-refractivity contribution < 1.29 is 13.6 Å². The molecule has 0 saturated carbocycles. The lowest BCUT2D eigenvalue weighted by atomic mass is 10.1. The van der Waals surface area contributed by atoms with Crippen molar-refractivity contribution in [3.05, 3.63) is 71.3 Å². The van der Waals surface area contributed by atoms with Crippen molar-refractivity contribution in [1.29, 1.82) is 0 Å². The van der Waals surface area contributed by atoms with E-state index in [-0.39, 0.29) is 30.5 Å². The third-order valence-electron chi connectivity index (χ3n) is 3.04. The molecular weight excluding hydrogens is 260 g/mol. The first-order chi connectivity index (χ1) is 9.56. The number of rotatable bonds is 4. The van der Waals surface area contributed by atoms with E-state index in [0.717, 1.165) is 0 Å². The van der Waals surface area contributed by atoms with Crippen LogP contribution >= 0.6 is 0 Å². The molecule has 0 heterocycles. The Morgan fingerprint density at radius 2 is 1.85 bits per heavy atom. The average Bonchev–Trinajstić information content (AvgIpc) is 2.41. The first-order valence-corrected chi connectivity index (χ1v) is 6.28. The number of carbonyl (C=O) groups is 1. The quantitative estimate of drug-likeness (QED) is 0.839. The van der Waals surface area contributed by atoms with Gasteiger partial charge in [-0.3, -0.25) is 4.79 Å². The molecule has 0 aliphatic carbocycles. The van der Waals surface area contributed by atoms with Crippen LogP contribution in [0.3, 0.4) is 0 Å². The molecule has 2 nitrogen and oxygen atoms in total. The van der Waals surface area contributed by atoms with Gasteiger partial charge in [-0.2, -0.15) is 0 Å². The van der Waals surface area contributed by atoms with Gasteiger partial charge in [-0.25, -0.2) is 8.78 Å². The highest BCUT2D eigenvalue weighted by molar-refractivity contribution is 5.78. The minimum absolute atomic E-state index is 0.0999. The van der Waals surface area contributed by atoms with Gasteiger partial charge in [0, 0.05) is 19.2 Å². The molecule has 0 atom stereocenters. The number of likely N-dealkylation sites (N-methyl/N-ethyl adjacent to an activating group) is 1. The highest BCUT2D eigenvalue weighted by Gasteiger charge is 2.12. The molecule has 4 heteroatoms. The summed E-state index contributed by atoms with van der Waals surface area (Å²) in [6, 6.07) is 12.2. The molecule has 0 bridgehead atoms. The van der Waals surface area contributed by atoms with E-state index in [2.05, 4.69) is 0 Å². The molecule has 2 aromatic carbocycles. The molecule has 0 aliphatic heterocycles. The van der Waals surface area contributed by atoms with Crippen LogP contribution in [0.25, 0.3) is 0 Å². The number of hydrogen-bond donors (Lipinski definition) is 0. The van der Waals surface area contributed by atoms with Gasteiger partial charge >= 0.3 is 0 Å². The van der Waals surface area contributed by atoms with Crippen molar-refractivity contribution in [1.82, 2.24) is 4.90 Å². The van der Waals surface area contributed by atoms with Gasteiger partial charge in [0.15, 0.2) is 0 Å². The minimum atomic E-state index is -0.368. The summed E-state index contributed by atoms with van der Waals surface area (Å²) in [4.78, 5) is 13.5. The molecule has 0 aromatic heterocycles. The summed E-state index contributed by atoms with van der Waals surface area (Å²) < 4.78 is 26.5. The molecule has 0 N–H and O–H groups in total.